The summed E-state index contributed by atoms with van der Waals surface area (Å²) in [5.41, 5.74) is 0.349. The summed E-state index contributed by atoms with van der Waals surface area (Å²) in [5, 5.41) is 37.5. The van der Waals surface area contributed by atoms with E-state index in [9.17, 15) is 38.2 Å². The minimum Gasteiger partial charge on any atom is -0.504 e. The van der Waals surface area contributed by atoms with Crippen LogP contribution in [0.5, 0.6) is 0 Å². The molecule has 0 saturated heterocycles. The molecule has 270 valence electrons. The summed E-state index contributed by atoms with van der Waals surface area (Å²) in [5.74, 6) is -2.28. The van der Waals surface area contributed by atoms with E-state index in [0.717, 1.165) is 0 Å². The van der Waals surface area contributed by atoms with Crippen molar-refractivity contribution in [2.24, 2.45) is 0 Å². The number of nitriles is 2. The highest BCUT2D eigenvalue weighted by Gasteiger charge is 2.43. The van der Waals surface area contributed by atoms with Crippen molar-refractivity contribution in [2.75, 3.05) is 50.7 Å². The van der Waals surface area contributed by atoms with E-state index in [-0.39, 0.29) is 22.5 Å². The van der Waals surface area contributed by atoms with Crippen molar-refractivity contribution < 1.29 is 32.8 Å². The Bertz CT molecular complexity index is 1570. The fourth-order valence-electron chi connectivity index (χ4n) is 5.66. The number of allylic oxidation sites excluding steroid dienone is 5. The molecule has 2 aliphatic rings. The molecule has 0 fully saturated rings. The number of aliphatic hydroxyl groups excluding tert-OH is 1. The lowest BCUT2D eigenvalue weighted by Crippen LogP contribution is -2.29. The quantitative estimate of drug-likeness (QED) is 0.0892. The van der Waals surface area contributed by atoms with Gasteiger partial charge in [-0.1, -0.05) is 61.8 Å². The first-order valence-electron chi connectivity index (χ1n) is 16.8. The van der Waals surface area contributed by atoms with Crippen molar-refractivity contribution in [1.29, 1.82) is 10.5 Å². The van der Waals surface area contributed by atoms with Gasteiger partial charge in [0.25, 0.3) is 10.1 Å². The van der Waals surface area contributed by atoms with Crippen LogP contribution in [0.15, 0.2) is 57.3 Å². The molecule has 0 atom stereocenters. The molecule has 1 aliphatic carbocycles. The predicted molar refractivity (Wildman–Crippen MR) is 191 cm³/mol. The number of hydrogen-bond acceptors (Lipinski definition) is 10. The van der Waals surface area contributed by atoms with Crippen LogP contribution in [0.2, 0.25) is 0 Å². The number of rotatable bonds is 14. The molecular formula is C36H53N5O7S. The Hall–Kier alpha value is -4.01. The fourth-order valence-corrected chi connectivity index (χ4v) is 6.17. The molecule has 3 rings (SSSR count). The van der Waals surface area contributed by atoms with Crippen LogP contribution in [0.1, 0.15) is 86.6 Å². The number of Topliss-reactive ketones (excluding diaryl/α,β-unsaturated/α-hetero) is 1. The first-order chi connectivity index (χ1) is 23.0. The maximum atomic E-state index is 12.2. The van der Waals surface area contributed by atoms with Crippen LogP contribution < -0.4 is 4.90 Å². The number of hydrogen-bond donors (Lipinski definition) is 3. The van der Waals surface area contributed by atoms with Crippen LogP contribution in [0.3, 0.4) is 0 Å². The average molecular weight is 700 g/mol. The van der Waals surface area contributed by atoms with E-state index in [0.29, 0.717) is 42.8 Å². The van der Waals surface area contributed by atoms with E-state index in [2.05, 4.69) is 51.3 Å². The lowest BCUT2D eigenvalue weighted by molar-refractivity contribution is -0.137. The molecule has 1 heterocycles. The molecule has 13 heteroatoms. The van der Waals surface area contributed by atoms with Gasteiger partial charge < -0.3 is 24.9 Å². The summed E-state index contributed by atoms with van der Waals surface area (Å²) < 4.78 is 33.0. The minimum absolute atomic E-state index is 0.0324. The van der Waals surface area contributed by atoms with E-state index >= 15 is 0 Å². The zero-order chi connectivity index (χ0) is 37.5. The van der Waals surface area contributed by atoms with E-state index < -0.39 is 38.6 Å². The number of nitrogens with zero attached hydrogens (tertiary/aromatic N) is 5. The molecule has 12 nitrogen and oxygen atoms in total. The molecule has 0 radical (unpaired) electrons. The Morgan fingerprint density at radius 2 is 1.43 bits per heavy atom. The Labute approximate surface area is 292 Å². The van der Waals surface area contributed by atoms with Gasteiger partial charge in [0.05, 0.1) is 10.5 Å². The number of aliphatic carboxylic acids is 1. The van der Waals surface area contributed by atoms with Gasteiger partial charge in [-0.3, -0.25) is 14.1 Å². The number of ketones is 1. The third-order valence-electron chi connectivity index (χ3n) is 8.84. The fraction of sp³-hybridized carbons (Fsp3) is 0.556. The van der Waals surface area contributed by atoms with Gasteiger partial charge in [-0.15, -0.1) is 0 Å². The second-order valence-electron chi connectivity index (χ2n) is 12.0. The molecule has 0 spiro atoms. The molecule has 0 amide bonds. The average Bonchev–Trinajstić information content (AvgIpc) is 3.28. The number of anilines is 1. The summed E-state index contributed by atoms with van der Waals surface area (Å²) in [7, 11) is -4.47. The summed E-state index contributed by atoms with van der Waals surface area (Å²) in [6.07, 6.45) is 3.21. The van der Waals surface area contributed by atoms with Gasteiger partial charge in [0.15, 0.2) is 5.76 Å². The highest BCUT2D eigenvalue weighted by molar-refractivity contribution is 7.85. The van der Waals surface area contributed by atoms with Crippen molar-refractivity contribution >= 4 is 27.6 Å². The van der Waals surface area contributed by atoms with E-state index in [1.807, 2.05) is 4.90 Å². The van der Waals surface area contributed by atoms with Crippen LogP contribution in [-0.4, -0.2) is 90.5 Å². The smallest absolute Gasteiger partial charge is 0.303 e. The summed E-state index contributed by atoms with van der Waals surface area (Å²) >= 11 is 0. The zero-order valence-electron chi connectivity index (χ0n) is 30.2. The van der Waals surface area contributed by atoms with Crippen molar-refractivity contribution in [1.82, 2.24) is 9.80 Å². The molecule has 0 bridgehead atoms. The highest BCUT2D eigenvalue weighted by Crippen LogP contribution is 2.50. The number of aliphatic hydroxyl groups is 1. The molecule has 1 aromatic rings. The zero-order valence-corrected chi connectivity index (χ0v) is 31.0. The number of benzene rings is 1. The monoisotopic (exact) mass is 699 g/mol. The lowest BCUT2D eigenvalue weighted by Gasteiger charge is -2.29. The standard InChI is InChI=1S/C24H23N3O7S.2C6H15N/c1-24(2)17-10-15(35(32,33)34)7-8-18(17)27(9-5-3-4-6-20(28)29)19(24)11-16-21(14(12-25)13-26)23(31)22(16)30;2*1-4-7(5-2)6-3/h7-8,10-11,30H,3-6,9H2,1-2H3,(H,28,29)(H,32,33,34);2*4-6H2,1-3H3/b19-11-;;. The Balaban J connectivity index is 0.000000717. The van der Waals surface area contributed by atoms with E-state index in [1.165, 1.54) is 57.5 Å². The van der Waals surface area contributed by atoms with Crippen LogP contribution >= 0.6 is 0 Å². The van der Waals surface area contributed by atoms with Gasteiger partial charge >= 0.3 is 5.97 Å². The maximum Gasteiger partial charge on any atom is 0.303 e. The molecule has 0 aromatic heterocycles. The van der Waals surface area contributed by atoms with Crippen molar-refractivity contribution in [3.05, 3.63) is 58.0 Å². The summed E-state index contributed by atoms with van der Waals surface area (Å²) in [6, 6.07) is 7.49. The third-order valence-corrected chi connectivity index (χ3v) is 9.69. The Morgan fingerprint density at radius 1 is 0.918 bits per heavy atom. The third kappa shape index (κ3) is 11.3. The maximum absolute atomic E-state index is 12.2. The molecule has 49 heavy (non-hydrogen) atoms. The number of carboxylic acids is 1. The second-order valence-corrected chi connectivity index (χ2v) is 13.4. The van der Waals surface area contributed by atoms with Gasteiger partial charge in [-0.25, -0.2) is 0 Å². The molecule has 3 N–H and O–H groups in total. The molecule has 0 unspecified atom stereocenters. The van der Waals surface area contributed by atoms with Crippen molar-refractivity contribution in [3.8, 4) is 12.1 Å². The molecule has 0 saturated carbocycles. The lowest BCUT2D eigenvalue weighted by atomic mass is 9.79. The largest absolute Gasteiger partial charge is 0.504 e. The topological polar surface area (TPSA) is 186 Å². The van der Waals surface area contributed by atoms with Crippen LogP contribution in [0, 0.1) is 22.7 Å². The summed E-state index contributed by atoms with van der Waals surface area (Å²) in [4.78, 5) is 29.3. The minimum atomic E-state index is -4.47. The van der Waals surface area contributed by atoms with Crippen LogP contribution in [0.4, 0.5) is 5.69 Å². The van der Waals surface area contributed by atoms with Crippen molar-refractivity contribution in [3.63, 3.8) is 0 Å². The van der Waals surface area contributed by atoms with Gasteiger partial charge in [-0.05, 0) is 81.9 Å². The molecule has 1 aromatic carbocycles. The van der Waals surface area contributed by atoms with Gasteiger partial charge in [0.2, 0.25) is 5.78 Å². The normalized spacial score (nSPS) is 15.5. The van der Waals surface area contributed by atoms with Crippen LogP contribution in [-0.2, 0) is 25.1 Å². The number of carboxylic acid groups (broad SMARTS) is 1. The number of unbranched alkanes of at least 4 members (excludes halogenated alkanes) is 2. The van der Waals surface area contributed by atoms with Crippen molar-refractivity contribution in [2.45, 2.75) is 91.4 Å². The van der Waals surface area contributed by atoms with E-state index in [1.54, 1.807) is 32.1 Å². The predicted octanol–water partition coefficient (Wildman–Crippen LogP) is 5.99. The Kier molecular flexibility index (Phi) is 17.4. The first-order valence-corrected chi connectivity index (χ1v) is 18.3. The number of carbonyl (C=O) groups is 2. The number of carbonyl (C=O) groups excluding carboxylic acids is 1. The summed E-state index contributed by atoms with van der Waals surface area (Å²) in [6.45, 7) is 24.3. The second kappa shape index (κ2) is 19.9. The van der Waals surface area contributed by atoms with E-state index in [4.69, 9.17) is 5.11 Å². The Morgan fingerprint density at radius 3 is 1.84 bits per heavy atom. The van der Waals surface area contributed by atoms with Crippen LogP contribution in [0.25, 0.3) is 0 Å². The molecule has 1 aliphatic heterocycles. The number of fused-ring (bicyclic) bond motifs is 1. The first kappa shape index (κ1) is 43.0. The van der Waals surface area contributed by atoms with Gasteiger partial charge in [-0.2, -0.15) is 18.9 Å². The van der Waals surface area contributed by atoms with Gasteiger partial charge in [0.1, 0.15) is 17.7 Å². The van der Waals surface area contributed by atoms with Gasteiger partial charge in [0, 0.05) is 35.3 Å². The highest BCUT2D eigenvalue weighted by atomic mass is 32.2. The SMILES string of the molecule is CC1(C)/C(=C/C2=C(O)C(=O)C2=C(C#N)C#N)N(CCCCCC(=O)O)c2ccc(S(=O)(=O)O)cc21.CCN(CC)CC.CCN(CC)CC. The molecular weight excluding hydrogens is 646 g/mol.